The first kappa shape index (κ1) is 24.8. The molecule has 3 N–H and O–H groups in total. The van der Waals surface area contributed by atoms with Crippen molar-refractivity contribution in [1.82, 2.24) is 5.32 Å². The maximum atomic E-state index is 13.0. The molecule has 0 saturated carbocycles. The minimum absolute atomic E-state index is 0.196. The number of carbonyl (C=O) groups is 2. The van der Waals surface area contributed by atoms with Crippen molar-refractivity contribution >= 4 is 44.6 Å². The van der Waals surface area contributed by atoms with Gasteiger partial charge in [0.2, 0.25) is 10.0 Å². The summed E-state index contributed by atoms with van der Waals surface area (Å²) in [6, 6.07) is 17.6. The number of amides is 2. The molecule has 0 radical (unpaired) electrons. The molecule has 10 heteroatoms. The van der Waals surface area contributed by atoms with Crippen molar-refractivity contribution in [3.63, 3.8) is 0 Å². The molecule has 192 valence electrons. The summed E-state index contributed by atoms with van der Waals surface area (Å²) in [5, 5.41) is 9.16. The van der Waals surface area contributed by atoms with Crippen LogP contribution < -0.4 is 20.3 Å². The van der Waals surface area contributed by atoms with E-state index in [0.717, 1.165) is 24.8 Å². The van der Waals surface area contributed by atoms with E-state index in [-0.39, 0.29) is 11.8 Å². The molecule has 2 aliphatic rings. The molecule has 2 heterocycles. The number of rotatable bonds is 6. The standard InChI is InChI=1S/C27H28N4O5S/c1-31(37(2,34)35)25-6-4-3-5-20(25)18-7-9-21-23(13-18)29-24-14-19(8-10-22(24)30-27(21)33)26(32)28-15-17-11-12-36-16-17/h3-10,13-14,17,29H,11-12,15-16H2,1-2H3,(H,28,32)(H,30,33). The maximum absolute atomic E-state index is 13.0. The van der Waals surface area contributed by atoms with Crippen LogP contribution in [0.1, 0.15) is 27.1 Å². The third kappa shape index (κ3) is 5.16. The number of fused-ring (bicyclic) bond motifs is 2. The molecule has 0 spiro atoms. The smallest absolute Gasteiger partial charge is 0.257 e. The number of anilines is 4. The van der Waals surface area contributed by atoms with Gasteiger partial charge in [-0.3, -0.25) is 13.9 Å². The second-order valence-electron chi connectivity index (χ2n) is 9.29. The minimum Gasteiger partial charge on any atom is -0.381 e. The molecule has 1 fully saturated rings. The van der Waals surface area contributed by atoms with Gasteiger partial charge in [-0.25, -0.2) is 8.42 Å². The van der Waals surface area contributed by atoms with Crippen LogP contribution >= 0.6 is 0 Å². The van der Waals surface area contributed by atoms with E-state index in [1.165, 1.54) is 11.4 Å². The van der Waals surface area contributed by atoms with Crippen LogP contribution in [-0.4, -0.2) is 53.3 Å². The van der Waals surface area contributed by atoms with Gasteiger partial charge in [-0.05, 0) is 48.4 Å². The van der Waals surface area contributed by atoms with Crippen LogP contribution in [0, 0.1) is 5.92 Å². The fraction of sp³-hybridized carbons (Fsp3) is 0.259. The normalized spacial score (nSPS) is 16.6. The van der Waals surface area contributed by atoms with Crippen LogP contribution in [0.5, 0.6) is 0 Å². The second-order valence-corrected chi connectivity index (χ2v) is 11.3. The first-order valence-electron chi connectivity index (χ1n) is 12.0. The van der Waals surface area contributed by atoms with Crippen molar-refractivity contribution < 1.29 is 22.7 Å². The van der Waals surface area contributed by atoms with Gasteiger partial charge >= 0.3 is 0 Å². The number of para-hydroxylation sites is 1. The molecular formula is C27H28N4O5S. The monoisotopic (exact) mass is 520 g/mol. The van der Waals surface area contributed by atoms with Crippen molar-refractivity contribution in [2.45, 2.75) is 6.42 Å². The summed E-state index contributed by atoms with van der Waals surface area (Å²) in [6.07, 6.45) is 2.08. The summed E-state index contributed by atoms with van der Waals surface area (Å²) in [5.74, 6) is -0.163. The van der Waals surface area contributed by atoms with Gasteiger partial charge in [0.1, 0.15) is 0 Å². The molecule has 37 heavy (non-hydrogen) atoms. The van der Waals surface area contributed by atoms with E-state index in [2.05, 4.69) is 16.0 Å². The quantitative estimate of drug-likeness (QED) is 0.455. The topological polar surface area (TPSA) is 117 Å². The van der Waals surface area contributed by atoms with Crippen LogP contribution in [0.25, 0.3) is 11.1 Å². The average Bonchev–Trinajstić information content (AvgIpc) is 3.36. The van der Waals surface area contributed by atoms with Crippen LogP contribution in [-0.2, 0) is 14.8 Å². The Morgan fingerprint density at radius 1 is 1.03 bits per heavy atom. The van der Waals surface area contributed by atoms with E-state index < -0.39 is 10.0 Å². The number of carbonyl (C=O) groups excluding carboxylic acids is 2. The number of sulfonamides is 1. The van der Waals surface area contributed by atoms with Gasteiger partial charge in [-0.15, -0.1) is 0 Å². The summed E-state index contributed by atoms with van der Waals surface area (Å²) in [4.78, 5) is 25.7. The summed E-state index contributed by atoms with van der Waals surface area (Å²) in [7, 11) is -1.97. The zero-order valence-electron chi connectivity index (χ0n) is 20.6. The highest BCUT2D eigenvalue weighted by molar-refractivity contribution is 7.92. The summed E-state index contributed by atoms with van der Waals surface area (Å²) >= 11 is 0. The van der Waals surface area contributed by atoms with E-state index in [0.29, 0.717) is 58.5 Å². The van der Waals surface area contributed by atoms with E-state index in [1.807, 2.05) is 18.2 Å². The Morgan fingerprint density at radius 2 is 1.84 bits per heavy atom. The number of hydrogen-bond acceptors (Lipinski definition) is 6. The maximum Gasteiger partial charge on any atom is 0.257 e. The van der Waals surface area contributed by atoms with Crippen LogP contribution in [0.3, 0.4) is 0 Å². The number of hydrogen-bond donors (Lipinski definition) is 3. The lowest BCUT2D eigenvalue weighted by Gasteiger charge is -2.21. The summed E-state index contributed by atoms with van der Waals surface area (Å²) in [6.45, 7) is 1.92. The Kier molecular flexibility index (Phi) is 6.61. The lowest BCUT2D eigenvalue weighted by atomic mass is 10.00. The SMILES string of the molecule is CN(c1ccccc1-c1ccc2c(c1)Nc1cc(C(=O)NCC3CCOC3)ccc1NC2=O)S(C)(=O)=O. The largest absolute Gasteiger partial charge is 0.381 e. The predicted molar refractivity (Wildman–Crippen MR) is 144 cm³/mol. The van der Waals surface area contributed by atoms with Crippen molar-refractivity contribution in [3.8, 4) is 11.1 Å². The number of benzene rings is 3. The highest BCUT2D eigenvalue weighted by Crippen LogP contribution is 2.37. The lowest BCUT2D eigenvalue weighted by Crippen LogP contribution is -2.29. The lowest BCUT2D eigenvalue weighted by molar-refractivity contribution is 0.0944. The Hall–Kier alpha value is -3.89. The van der Waals surface area contributed by atoms with Crippen LogP contribution in [0.4, 0.5) is 22.7 Å². The van der Waals surface area contributed by atoms with Crippen molar-refractivity contribution in [2.75, 3.05) is 48.0 Å². The molecule has 1 saturated heterocycles. The minimum atomic E-state index is -3.47. The molecule has 0 aliphatic carbocycles. The van der Waals surface area contributed by atoms with Crippen LogP contribution in [0.15, 0.2) is 60.7 Å². The van der Waals surface area contributed by atoms with Gasteiger partial charge in [0.15, 0.2) is 0 Å². The first-order chi connectivity index (χ1) is 17.7. The van der Waals surface area contributed by atoms with E-state index >= 15 is 0 Å². The Bertz CT molecular complexity index is 1480. The van der Waals surface area contributed by atoms with Gasteiger partial charge in [-0.2, -0.15) is 0 Å². The van der Waals surface area contributed by atoms with Crippen molar-refractivity contribution in [2.24, 2.45) is 5.92 Å². The molecule has 2 amide bonds. The Labute approximate surface area is 215 Å². The molecule has 1 unspecified atom stereocenters. The third-order valence-corrected chi connectivity index (χ3v) is 7.88. The van der Waals surface area contributed by atoms with E-state index in [4.69, 9.17) is 4.74 Å². The molecule has 2 aliphatic heterocycles. The summed E-state index contributed by atoms with van der Waals surface area (Å²) in [5.41, 5.74) is 4.56. The van der Waals surface area contributed by atoms with Crippen molar-refractivity contribution in [3.05, 3.63) is 71.8 Å². The summed E-state index contributed by atoms with van der Waals surface area (Å²) < 4.78 is 31.0. The van der Waals surface area contributed by atoms with Crippen molar-refractivity contribution in [1.29, 1.82) is 0 Å². The number of nitrogens with zero attached hydrogens (tertiary/aromatic N) is 1. The Morgan fingerprint density at radius 3 is 2.59 bits per heavy atom. The molecule has 1 atom stereocenters. The van der Waals surface area contributed by atoms with Gasteiger partial charge in [0.05, 0.1) is 41.2 Å². The van der Waals surface area contributed by atoms with E-state index in [1.54, 1.807) is 42.5 Å². The fourth-order valence-corrected chi connectivity index (χ4v) is 5.02. The van der Waals surface area contributed by atoms with Gasteiger partial charge in [0, 0.05) is 37.2 Å². The molecule has 3 aromatic carbocycles. The average molecular weight is 521 g/mol. The highest BCUT2D eigenvalue weighted by atomic mass is 32.2. The molecular weight excluding hydrogens is 492 g/mol. The van der Waals surface area contributed by atoms with Gasteiger partial charge < -0.3 is 20.7 Å². The highest BCUT2D eigenvalue weighted by Gasteiger charge is 2.23. The third-order valence-electron chi connectivity index (χ3n) is 6.69. The molecule has 3 aromatic rings. The van der Waals surface area contributed by atoms with Crippen LogP contribution in [0.2, 0.25) is 0 Å². The molecule has 9 nitrogen and oxygen atoms in total. The molecule has 0 bridgehead atoms. The zero-order chi connectivity index (χ0) is 26.2. The number of ether oxygens (including phenoxy) is 1. The zero-order valence-corrected chi connectivity index (χ0v) is 21.4. The molecule has 5 rings (SSSR count). The predicted octanol–water partition coefficient (Wildman–Crippen LogP) is 3.83. The van der Waals surface area contributed by atoms with Gasteiger partial charge in [0.25, 0.3) is 11.8 Å². The second kappa shape index (κ2) is 9.87. The number of nitrogens with one attached hydrogen (secondary N) is 3. The Balaban J connectivity index is 1.46. The van der Waals surface area contributed by atoms with Gasteiger partial charge in [-0.1, -0.05) is 24.3 Å². The first-order valence-corrected chi connectivity index (χ1v) is 13.8. The fourth-order valence-electron chi connectivity index (χ4n) is 4.50. The van der Waals surface area contributed by atoms with E-state index in [9.17, 15) is 18.0 Å². The molecule has 0 aromatic heterocycles.